The molecule has 0 unspecified atom stereocenters. The molecule has 0 heterocycles. The van der Waals surface area contributed by atoms with E-state index >= 15 is 0 Å². The van der Waals surface area contributed by atoms with Gasteiger partial charge in [0.15, 0.2) is 5.78 Å². The van der Waals surface area contributed by atoms with Crippen molar-refractivity contribution in [3.8, 4) is 0 Å². The fourth-order valence-electron chi connectivity index (χ4n) is 2.09. The lowest BCUT2D eigenvalue weighted by atomic mass is 10.0. The summed E-state index contributed by atoms with van der Waals surface area (Å²) in [7, 11) is 3.76. The highest BCUT2D eigenvalue weighted by Crippen LogP contribution is 2.32. The Balaban J connectivity index is 2.22. The van der Waals surface area contributed by atoms with E-state index in [0.29, 0.717) is 5.56 Å². The number of ketones is 1. The highest BCUT2D eigenvalue weighted by molar-refractivity contribution is 6.07. The van der Waals surface area contributed by atoms with Crippen LogP contribution in [0.5, 0.6) is 0 Å². The first-order valence-corrected chi connectivity index (χ1v) is 6.95. The topological polar surface area (TPSA) is 20.3 Å². The van der Waals surface area contributed by atoms with E-state index in [2.05, 4.69) is 0 Å². The zero-order valence-corrected chi connectivity index (χ0v) is 12.8. The van der Waals surface area contributed by atoms with Crippen molar-refractivity contribution in [2.75, 3.05) is 19.0 Å². The lowest BCUT2D eigenvalue weighted by Gasteiger charge is -2.12. The number of hydrogen-bond acceptors (Lipinski definition) is 2. The van der Waals surface area contributed by atoms with E-state index in [1.165, 1.54) is 24.3 Å². The maximum Gasteiger partial charge on any atom is 0.416 e. The normalized spacial score (nSPS) is 11.7. The molecule has 0 aliphatic heterocycles. The van der Waals surface area contributed by atoms with Crippen LogP contribution < -0.4 is 4.90 Å². The summed E-state index contributed by atoms with van der Waals surface area (Å²) < 4.78 is 38.7. The third-order valence-electron chi connectivity index (χ3n) is 3.35. The standard InChI is InChI=1S/C18H16F3NO/c1-22(2)15-10-7-14(8-11-15)17(23)12-9-13-5-3-4-6-16(13)18(19,20)21/h3-12H,1-2H3. The molecule has 0 aliphatic carbocycles. The highest BCUT2D eigenvalue weighted by atomic mass is 19.4. The van der Waals surface area contributed by atoms with Crippen LogP contribution in [0.4, 0.5) is 18.9 Å². The molecule has 2 rings (SSSR count). The summed E-state index contributed by atoms with van der Waals surface area (Å²) in [6.07, 6.45) is -2.09. The second-order valence-corrected chi connectivity index (χ2v) is 5.22. The molecule has 2 nitrogen and oxygen atoms in total. The predicted octanol–water partition coefficient (Wildman–Crippen LogP) is 4.67. The lowest BCUT2D eigenvalue weighted by Crippen LogP contribution is -2.08. The fourth-order valence-corrected chi connectivity index (χ4v) is 2.09. The number of halogens is 3. The van der Waals surface area contributed by atoms with E-state index in [4.69, 9.17) is 0 Å². The molecule has 0 saturated heterocycles. The molecule has 2 aromatic carbocycles. The molecular weight excluding hydrogens is 303 g/mol. The molecule has 5 heteroatoms. The zero-order valence-electron chi connectivity index (χ0n) is 12.8. The largest absolute Gasteiger partial charge is 0.416 e. The van der Waals surface area contributed by atoms with Gasteiger partial charge in [-0.3, -0.25) is 4.79 Å². The second-order valence-electron chi connectivity index (χ2n) is 5.22. The third kappa shape index (κ3) is 4.22. The van der Waals surface area contributed by atoms with Crippen LogP contribution in [0.25, 0.3) is 6.08 Å². The Labute approximate surface area is 132 Å². The summed E-state index contributed by atoms with van der Waals surface area (Å²) in [6, 6.07) is 12.0. The van der Waals surface area contributed by atoms with Crippen molar-refractivity contribution in [3.05, 3.63) is 71.3 Å². The minimum absolute atomic E-state index is 0.0294. The smallest absolute Gasteiger partial charge is 0.378 e. The Bertz CT molecular complexity index is 716. The monoisotopic (exact) mass is 319 g/mol. The third-order valence-corrected chi connectivity index (χ3v) is 3.35. The summed E-state index contributed by atoms with van der Waals surface area (Å²) in [5.41, 5.74) is 0.578. The van der Waals surface area contributed by atoms with Crippen molar-refractivity contribution in [1.29, 1.82) is 0 Å². The maximum absolute atomic E-state index is 12.9. The van der Waals surface area contributed by atoms with E-state index in [1.54, 1.807) is 24.3 Å². The number of alkyl halides is 3. The van der Waals surface area contributed by atoms with Gasteiger partial charge in [0.1, 0.15) is 0 Å². The highest BCUT2D eigenvalue weighted by Gasteiger charge is 2.32. The minimum atomic E-state index is -4.45. The van der Waals surface area contributed by atoms with Gasteiger partial charge in [-0.2, -0.15) is 13.2 Å². The molecule has 0 bridgehead atoms. The van der Waals surface area contributed by atoms with Gasteiger partial charge in [0.2, 0.25) is 0 Å². The van der Waals surface area contributed by atoms with Crippen molar-refractivity contribution in [2.45, 2.75) is 6.18 Å². The molecule has 0 N–H and O–H groups in total. The SMILES string of the molecule is CN(C)c1ccc(C(=O)C=Cc2ccccc2C(F)(F)F)cc1. The number of hydrogen-bond donors (Lipinski definition) is 0. The van der Waals surface area contributed by atoms with Crippen LogP contribution in [0.2, 0.25) is 0 Å². The van der Waals surface area contributed by atoms with Crippen molar-refractivity contribution in [1.82, 2.24) is 0 Å². The first-order valence-electron chi connectivity index (χ1n) is 6.95. The average Bonchev–Trinajstić information content (AvgIpc) is 2.52. The molecular formula is C18H16F3NO. The molecule has 0 spiro atoms. The van der Waals surface area contributed by atoms with E-state index < -0.39 is 11.7 Å². The Morgan fingerprint density at radius 3 is 2.17 bits per heavy atom. The van der Waals surface area contributed by atoms with Gasteiger partial charge in [0.25, 0.3) is 0 Å². The van der Waals surface area contributed by atoms with Crippen LogP contribution in [0.3, 0.4) is 0 Å². The van der Waals surface area contributed by atoms with Crippen LogP contribution in [0, 0.1) is 0 Å². The molecule has 0 amide bonds. The molecule has 0 fully saturated rings. The zero-order chi connectivity index (χ0) is 17.0. The quantitative estimate of drug-likeness (QED) is 0.603. The van der Waals surface area contributed by atoms with Crippen LogP contribution in [0.1, 0.15) is 21.5 Å². The summed E-state index contributed by atoms with van der Waals surface area (Å²) in [5.74, 6) is -0.340. The fraction of sp³-hybridized carbons (Fsp3) is 0.167. The second kappa shape index (κ2) is 6.69. The van der Waals surface area contributed by atoms with Crippen LogP contribution >= 0.6 is 0 Å². The molecule has 0 atom stereocenters. The molecule has 0 aliphatic rings. The number of allylic oxidation sites excluding steroid dienone is 1. The summed E-state index contributed by atoms with van der Waals surface area (Å²) in [6.45, 7) is 0. The van der Waals surface area contributed by atoms with Crippen LogP contribution in [0.15, 0.2) is 54.6 Å². The van der Waals surface area contributed by atoms with Gasteiger partial charge >= 0.3 is 6.18 Å². The molecule has 23 heavy (non-hydrogen) atoms. The van der Waals surface area contributed by atoms with Gasteiger partial charge in [0, 0.05) is 25.3 Å². The van der Waals surface area contributed by atoms with Gasteiger partial charge in [-0.25, -0.2) is 0 Å². The Kier molecular flexibility index (Phi) is 4.89. The Hall–Kier alpha value is -2.56. The number of nitrogens with zero attached hydrogens (tertiary/aromatic N) is 1. The average molecular weight is 319 g/mol. The molecule has 0 radical (unpaired) electrons. The van der Waals surface area contributed by atoms with E-state index in [9.17, 15) is 18.0 Å². The van der Waals surface area contributed by atoms with Crippen molar-refractivity contribution in [2.24, 2.45) is 0 Å². The summed E-state index contributed by atoms with van der Waals surface area (Å²) in [5, 5.41) is 0. The molecule has 0 aromatic heterocycles. The minimum Gasteiger partial charge on any atom is -0.378 e. The van der Waals surface area contributed by atoms with Gasteiger partial charge in [-0.15, -0.1) is 0 Å². The first kappa shape index (κ1) is 16.8. The van der Waals surface area contributed by atoms with Gasteiger partial charge in [-0.1, -0.05) is 24.3 Å². The Morgan fingerprint density at radius 2 is 1.61 bits per heavy atom. The van der Waals surface area contributed by atoms with Crippen molar-refractivity contribution in [3.63, 3.8) is 0 Å². The van der Waals surface area contributed by atoms with Crippen molar-refractivity contribution >= 4 is 17.5 Å². The van der Waals surface area contributed by atoms with Gasteiger partial charge < -0.3 is 4.90 Å². The number of rotatable bonds is 4. The lowest BCUT2D eigenvalue weighted by molar-refractivity contribution is -0.137. The summed E-state index contributed by atoms with van der Waals surface area (Å²) in [4.78, 5) is 14.0. The van der Waals surface area contributed by atoms with Gasteiger partial charge in [-0.05, 0) is 42.0 Å². The van der Waals surface area contributed by atoms with Crippen molar-refractivity contribution < 1.29 is 18.0 Å². The van der Waals surface area contributed by atoms with Crippen LogP contribution in [-0.4, -0.2) is 19.9 Å². The number of carbonyl (C=O) groups excluding carboxylic acids is 1. The first-order chi connectivity index (χ1) is 10.8. The van der Waals surface area contributed by atoms with E-state index in [1.807, 2.05) is 19.0 Å². The summed E-state index contributed by atoms with van der Waals surface area (Å²) >= 11 is 0. The molecule has 0 saturated carbocycles. The maximum atomic E-state index is 12.9. The molecule has 2 aromatic rings. The van der Waals surface area contributed by atoms with E-state index in [0.717, 1.165) is 17.8 Å². The Morgan fingerprint density at radius 1 is 1.00 bits per heavy atom. The number of anilines is 1. The van der Waals surface area contributed by atoms with E-state index in [-0.39, 0.29) is 11.3 Å². The molecule has 120 valence electrons. The predicted molar refractivity (Wildman–Crippen MR) is 85.6 cm³/mol. The number of carbonyl (C=O) groups is 1. The van der Waals surface area contributed by atoms with Crippen LogP contribution in [-0.2, 0) is 6.18 Å². The van der Waals surface area contributed by atoms with Gasteiger partial charge in [0.05, 0.1) is 5.56 Å². The number of benzene rings is 2.